The molecule has 1 saturated heterocycles. The first-order valence-electron chi connectivity index (χ1n) is 7.28. The van der Waals surface area contributed by atoms with Gasteiger partial charge in [-0.3, -0.25) is 4.79 Å². The third kappa shape index (κ3) is 3.29. The van der Waals surface area contributed by atoms with Crippen LogP contribution in [-0.4, -0.2) is 50.2 Å². The van der Waals surface area contributed by atoms with Crippen molar-refractivity contribution < 1.29 is 13.2 Å². The third-order valence-electron chi connectivity index (χ3n) is 4.01. The fraction of sp³-hybridized carbons (Fsp3) is 0.533. The molecule has 0 unspecified atom stereocenters. The molecule has 5 nitrogen and oxygen atoms in total. The maximum atomic E-state index is 12.7. The van der Waals surface area contributed by atoms with Crippen LogP contribution in [0.15, 0.2) is 23.1 Å². The Labute approximate surface area is 136 Å². The van der Waals surface area contributed by atoms with Gasteiger partial charge in [-0.05, 0) is 44.4 Å². The Kier molecular flexibility index (Phi) is 5.14. The Hall–Kier alpha value is -1.11. The summed E-state index contributed by atoms with van der Waals surface area (Å²) in [4.78, 5) is 14.6. The molecule has 0 radical (unpaired) electrons. The second-order valence-electron chi connectivity index (χ2n) is 5.77. The Morgan fingerprint density at radius 3 is 2.59 bits per heavy atom. The minimum absolute atomic E-state index is 0.0786. The molecule has 2 rings (SSSR count). The smallest absolute Gasteiger partial charge is 0.255 e. The molecule has 0 aliphatic carbocycles. The highest BCUT2D eigenvalue weighted by Crippen LogP contribution is 2.26. The number of amides is 1. The molecule has 0 bridgehead atoms. The highest BCUT2D eigenvalue weighted by molar-refractivity contribution is 7.89. The summed E-state index contributed by atoms with van der Waals surface area (Å²) in [6.07, 6.45) is 3.02. The predicted molar refractivity (Wildman–Crippen MR) is 86.7 cm³/mol. The lowest BCUT2D eigenvalue weighted by atomic mass is 10.0. The number of carbonyl (C=O) groups excluding carboxylic acids is 1. The van der Waals surface area contributed by atoms with E-state index in [-0.39, 0.29) is 27.4 Å². The quantitative estimate of drug-likeness (QED) is 0.846. The molecule has 1 aliphatic rings. The zero-order valence-electron chi connectivity index (χ0n) is 13.0. The number of halogens is 1. The van der Waals surface area contributed by atoms with Crippen molar-refractivity contribution in [3.05, 3.63) is 28.8 Å². The number of piperidine rings is 1. The Bertz CT molecular complexity index is 673. The van der Waals surface area contributed by atoms with Gasteiger partial charge < -0.3 is 4.90 Å². The summed E-state index contributed by atoms with van der Waals surface area (Å²) >= 11 is 6.13. The van der Waals surface area contributed by atoms with Gasteiger partial charge in [0, 0.05) is 26.7 Å². The van der Waals surface area contributed by atoms with Gasteiger partial charge in [-0.25, -0.2) is 12.7 Å². The molecule has 1 fully saturated rings. The van der Waals surface area contributed by atoms with Crippen molar-refractivity contribution in [1.82, 2.24) is 9.21 Å². The second kappa shape index (κ2) is 6.56. The van der Waals surface area contributed by atoms with Gasteiger partial charge in [0.2, 0.25) is 10.0 Å². The van der Waals surface area contributed by atoms with Crippen LogP contribution in [-0.2, 0) is 10.0 Å². The molecule has 1 aromatic carbocycles. The van der Waals surface area contributed by atoms with Gasteiger partial charge in [0.05, 0.1) is 15.5 Å². The Balaban J connectivity index is 2.41. The van der Waals surface area contributed by atoms with Crippen molar-refractivity contribution in [2.45, 2.75) is 37.1 Å². The molecule has 0 spiro atoms. The molecule has 7 heteroatoms. The van der Waals surface area contributed by atoms with Crippen molar-refractivity contribution in [1.29, 1.82) is 0 Å². The highest BCUT2D eigenvalue weighted by Gasteiger charge is 2.27. The van der Waals surface area contributed by atoms with Crippen molar-refractivity contribution in [3.8, 4) is 0 Å². The van der Waals surface area contributed by atoms with E-state index in [1.807, 2.05) is 6.92 Å². The first kappa shape index (κ1) is 17.2. The van der Waals surface area contributed by atoms with Gasteiger partial charge in [0.1, 0.15) is 0 Å². The summed E-state index contributed by atoms with van der Waals surface area (Å²) in [6.45, 7) is 2.69. The maximum absolute atomic E-state index is 12.7. The molecule has 1 aliphatic heterocycles. The van der Waals surface area contributed by atoms with E-state index in [1.54, 1.807) is 4.90 Å². The van der Waals surface area contributed by atoms with E-state index in [9.17, 15) is 13.2 Å². The summed E-state index contributed by atoms with van der Waals surface area (Å²) in [5, 5.41) is 0.278. The number of rotatable bonds is 3. The Morgan fingerprint density at radius 1 is 1.32 bits per heavy atom. The van der Waals surface area contributed by atoms with Crippen LogP contribution in [0.5, 0.6) is 0 Å². The first-order chi connectivity index (χ1) is 10.2. The van der Waals surface area contributed by atoms with E-state index < -0.39 is 10.0 Å². The largest absolute Gasteiger partial charge is 0.336 e. The van der Waals surface area contributed by atoms with Gasteiger partial charge in [-0.15, -0.1) is 0 Å². The lowest BCUT2D eigenvalue weighted by Crippen LogP contribution is -2.42. The van der Waals surface area contributed by atoms with Crippen molar-refractivity contribution in [3.63, 3.8) is 0 Å². The molecule has 22 heavy (non-hydrogen) atoms. The average Bonchev–Trinajstić information content (AvgIpc) is 2.47. The summed E-state index contributed by atoms with van der Waals surface area (Å²) in [7, 11) is -0.677. The molecule has 0 saturated carbocycles. The fourth-order valence-electron chi connectivity index (χ4n) is 2.59. The van der Waals surface area contributed by atoms with E-state index in [0.29, 0.717) is 6.54 Å². The average molecular weight is 345 g/mol. The summed E-state index contributed by atoms with van der Waals surface area (Å²) in [5.41, 5.74) is 0.248. The highest BCUT2D eigenvalue weighted by atomic mass is 35.5. The molecule has 1 aromatic rings. The standard InChI is InChI=1S/C15H21ClN2O3S/c1-11-6-4-5-9-18(11)15(19)13-10-12(7-8-14(13)16)22(20,21)17(2)3/h7-8,10-11H,4-6,9H2,1-3H3/t11-/m0/s1. The SMILES string of the molecule is C[C@H]1CCCCN1C(=O)c1cc(S(=O)(=O)N(C)C)ccc1Cl. The normalized spacial score (nSPS) is 19.5. The van der Waals surface area contributed by atoms with Crippen LogP contribution in [0.3, 0.4) is 0 Å². The third-order valence-corrected chi connectivity index (χ3v) is 6.15. The first-order valence-corrected chi connectivity index (χ1v) is 9.10. The van der Waals surface area contributed by atoms with E-state index in [4.69, 9.17) is 11.6 Å². The lowest BCUT2D eigenvalue weighted by molar-refractivity contribution is 0.0635. The number of hydrogen-bond donors (Lipinski definition) is 0. The molecule has 1 atom stereocenters. The van der Waals surface area contributed by atoms with Crippen LogP contribution >= 0.6 is 11.6 Å². The van der Waals surface area contributed by atoms with Crippen LogP contribution in [0.25, 0.3) is 0 Å². The maximum Gasteiger partial charge on any atom is 0.255 e. The Morgan fingerprint density at radius 2 is 2.00 bits per heavy atom. The van der Waals surface area contributed by atoms with Gasteiger partial charge in [0.15, 0.2) is 0 Å². The van der Waals surface area contributed by atoms with Crippen LogP contribution in [0.1, 0.15) is 36.5 Å². The summed E-state index contributed by atoms with van der Waals surface area (Å²) in [5.74, 6) is -0.201. The second-order valence-corrected chi connectivity index (χ2v) is 8.33. The van der Waals surface area contributed by atoms with Crippen molar-refractivity contribution >= 4 is 27.5 Å². The van der Waals surface area contributed by atoms with E-state index in [0.717, 1.165) is 23.6 Å². The van der Waals surface area contributed by atoms with E-state index >= 15 is 0 Å². The van der Waals surface area contributed by atoms with E-state index in [1.165, 1.54) is 32.3 Å². The van der Waals surface area contributed by atoms with E-state index in [2.05, 4.69) is 0 Å². The van der Waals surface area contributed by atoms with Crippen LogP contribution in [0.4, 0.5) is 0 Å². The van der Waals surface area contributed by atoms with Crippen molar-refractivity contribution in [2.24, 2.45) is 0 Å². The minimum atomic E-state index is -3.59. The number of nitrogens with zero attached hydrogens (tertiary/aromatic N) is 2. The van der Waals surface area contributed by atoms with Crippen LogP contribution in [0.2, 0.25) is 5.02 Å². The molecule has 122 valence electrons. The number of hydrogen-bond acceptors (Lipinski definition) is 3. The lowest BCUT2D eigenvalue weighted by Gasteiger charge is -2.33. The number of likely N-dealkylation sites (tertiary alicyclic amines) is 1. The van der Waals surface area contributed by atoms with Gasteiger partial charge >= 0.3 is 0 Å². The van der Waals surface area contributed by atoms with Gasteiger partial charge in [-0.1, -0.05) is 11.6 Å². The number of carbonyl (C=O) groups is 1. The van der Waals surface area contributed by atoms with Gasteiger partial charge in [-0.2, -0.15) is 0 Å². The van der Waals surface area contributed by atoms with Crippen LogP contribution < -0.4 is 0 Å². The summed E-state index contributed by atoms with van der Waals surface area (Å²) < 4.78 is 25.6. The van der Waals surface area contributed by atoms with Crippen LogP contribution in [0, 0.1) is 0 Å². The molecular weight excluding hydrogens is 324 g/mol. The zero-order valence-corrected chi connectivity index (χ0v) is 14.6. The number of benzene rings is 1. The fourth-order valence-corrected chi connectivity index (χ4v) is 3.72. The summed E-state index contributed by atoms with van der Waals surface area (Å²) in [6, 6.07) is 4.42. The molecule has 1 amide bonds. The predicted octanol–water partition coefficient (Wildman–Crippen LogP) is 2.60. The monoisotopic (exact) mass is 344 g/mol. The zero-order chi connectivity index (χ0) is 16.5. The number of sulfonamides is 1. The molecule has 0 aromatic heterocycles. The van der Waals surface area contributed by atoms with Crippen molar-refractivity contribution in [2.75, 3.05) is 20.6 Å². The topological polar surface area (TPSA) is 57.7 Å². The van der Waals surface area contributed by atoms with Gasteiger partial charge in [0.25, 0.3) is 5.91 Å². The molecule has 0 N–H and O–H groups in total. The molecule has 1 heterocycles. The minimum Gasteiger partial charge on any atom is -0.336 e. The molecular formula is C15H21ClN2O3S.